The van der Waals surface area contributed by atoms with Gasteiger partial charge in [-0.25, -0.2) is 4.79 Å². The van der Waals surface area contributed by atoms with Crippen LogP contribution >= 0.6 is 0 Å². The third-order valence-corrected chi connectivity index (χ3v) is 4.31. The maximum Gasteiger partial charge on any atom is 0.325 e. The van der Waals surface area contributed by atoms with Crippen LogP contribution in [0.3, 0.4) is 0 Å². The third kappa shape index (κ3) is 3.60. The third-order valence-electron chi connectivity index (χ3n) is 4.31. The van der Waals surface area contributed by atoms with E-state index < -0.39 is 42.8 Å². The zero-order chi connectivity index (χ0) is 17.9. The second kappa shape index (κ2) is 7.58. The molecule has 0 aromatic heterocycles. The molecule has 2 heterocycles. The SMILES string of the molecule is CCCCCC(=O)C1(N)C=CN([C@@H]2O[C@H](CO)[C@@H](O)[C@@H]2O)C(=O)N1. The Morgan fingerprint density at radius 3 is 2.67 bits per heavy atom. The van der Waals surface area contributed by atoms with Crippen molar-refractivity contribution in [3.63, 3.8) is 0 Å². The summed E-state index contributed by atoms with van der Waals surface area (Å²) in [5.41, 5.74) is 4.37. The molecule has 6 N–H and O–H groups in total. The standard InChI is InChI=1S/C15H25N3O6/c1-2-3-4-5-10(20)15(16)6-7-18(14(23)17-15)13-12(22)11(21)9(8-19)24-13/h6-7,9,11-13,19,21-22H,2-5,8,16H2,1H3,(H,17,23)/t9-,11-,12+,13-,15?/m1/s1. The van der Waals surface area contributed by atoms with Crippen molar-refractivity contribution in [2.45, 2.75) is 62.8 Å². The zero-order valence-corrected chi connectivity index (χ0v) is 13.6. The van der Waals surface area contributed by atoms with Crippen LogP contribution in [0.5, 0.6) is 0 Å². The number of unbranched alkanes of at least 4 members (excludes halogenated alkanes) is 2. The Labute approximate surface area is 140 Å². The number of hydrogen-bond acceptors (Lipinski definition) is 7. The van der Waals surface area contributed by atoms with Crippen molar-refractivity contribution < 1.29 is 29.6 Å². The fourth-order valence-electron chi connectivity index (χ4n) is 2.76. The second-order valence-corrected chi connectivity index (χ2v) is 6.13. The van der Waals surface area contributed by atoms with Crippen LogP contribution in [0.1, 0.15) is 32.6 Å². The van der Waals surface area contributed by atoms with E-state index >= 15 is 0 Å². The van der Waals surface area contributed by atoms with E-state index in [9.17, 15) is 19.8 Å². The molecule has 1 saturated heterocycles. The number of ether oxygens (including phenoxy) is 1. The number of aliphatic hydroxyl groups is 3. The van der Waals surface area contributed by atoms with Crippen molar-refractivity contribution in [1.82, 2.24) is 10.2 Å². The lowest BCUT2D eigenvalue weighted by atomic mass is 9.98. The minimum Gasteiger partial charge on any atom is -0.394 e. The molecule has 0 radical (unpaired) electrons. The van der Waals surface area contributed by atoms with Crippen LogP contribution in [0.2, 0.25) is 0 Å². The maximum atomic E-state index is 12.3. The fraction of sp³-hybridized carbons (Fsp3) is 0.733. The van der Waals surface area contributed by atoms with Gasteiger partial charge in [0, 0.05) is 12.6 Å². The predicted molar refractivity (Wildman–Crippen MR) is 83.3 cm³/mol. The molecule has 0 aliphatic carbocycles. The Bertz CT molecular complexity index is 513. The first-order valence-corrected chi connectivity index (χ1v) is 8.08. The summed E-state index contributed by atoms with van der Waals surface area (Å²) in [4.78, 5) is 25.5. The molecule has 24 heavy (non-hydrogen) atoms. The van der Waals surface area contributed by atoms with E-state index in [4.69, 9.17) is 15.6 Å². The minimum atomic E-state index is -1.60. The minimum absolute atomic E-state index is 0.253. The highest BCUT2D eigenvalue weighted by Gasteiger charge is 2.48. The van der Waals surface area contributed by atoms with Gasteiger partial charge in [0.25, 0.3) is 0 Å². The van der Waals surface area contributed by atoms with Gasteiger partial charge in [0.2, 0.25) is 0 Å². The number of carbonyl (C=O) groups is 2. The molecule has 2 amide bonds. The molecule has 2 aliphatic heterocycles. The Kier molecular flexibility index (Phi) is 5.94. The smallest absolute Gasteiger partial charge is 0.325 e. The molecular weight excluding hydrogens is 318 g/mol. The molecular formula is C15H25N3O6. The van der Waals surface area contributed by atoms with Crippen molar-refractivity contribution >= 4 is 11.8 Å². The van der Waals surface area contributed by atoms with E-state index in [0.29, 0.717) is 6.42 Å². The molecule has 5 atom stereocenters. The van der Waals surface area contributed by atoms with Crippen LogP contribution in [0.4, 0.5) is 4.79 Å². The Morgan fingerprint density at radius 2 is 2.12 bits per heavy atom. The lowest BCUT2D eigenvalue weighted by molar-refractivity contribution is -0.124. The summed E-state index contributed by atoms with van der Waals surface area (Å²) in [5, 5.41) is 31.2. The van der Waals surface area contributed by atoms with E-state index in [1.54, 1.807) is 0 Å². The number of urea groups is 1. The number of carbonyl (C=O) groups excluding carboxylic acids is 2. The second-order valence-electron chi connectivity index (χ2n) is 6.13. The van der Waals surface area contributed by atoms with E-state index in [2.05, 4.69) is 5.32 Å². The molecule has 9 heteroatoms. The normalized spacial score (nSPS) is 36.0. The van der Waals surface area contributed by atoms with Crippen LogP contribution < -0.4 is 11.1 Å². The summed E-state index contributed by atoms with van der Waals surface area (Å²) >= 11 is 0. The molecule has 1 unspecified atom stereocenters. The fourth-order valence-corrected chi connectivity index (χ4v) is 2.76. The van der Waals surface area contributed by atoms with Gasteiger partial charge >= 0.3 is 6.03 Å². The van der Waals surface area contributed by atoms with Gasteiger partial charge in [-0.2, -0.15) is 0 Å². The quantitative estimate of drug-likeness (QED) is 0.364. The number of nitrogens with two attached hydrogens (primary N) is 1. The molecule has 0 aromatic carbocycles. The van der Waals surface area contributed by atoms with E-state index in [1.807, 2.05) is 6.92 Å². The summed E-state index contributed by atoms with van der Waals surface area (Å²) in [5.74, 6) is -0.304. The lowest BCUT2D eigenvalue weighted by Gasteiger charge is -2.36. The zero-order valence-electron chi connectivity index (χ0n) is 13.6. The average molecular weight is 343 g/mol. The van der Waals surface area contributed by atoms with Crippen molar-refractivity contribution in [2.24, 2.45) is 5.73 Å². The molecule has 0 aromatic rings. The lowest BCUT2D eigenvalue weighted by Crippen LogP contribution is -2.66. The summed E-state index contributed by atoms with van der Waals surface area (Å²) in [7, 11) is 0. The van der Waals surface area contributed by atoms with Crippen LogP contribution in [-0.2, 0) is 9.53 Å². The number of hydrogen-bond donors (Lipinski definition) is 5. The molecule has 136 valence electrons. The maximum absolute atomic E-state index is 12.3. The van der Waals surface area contributed by atoms with Gasteiger partial charge in [-0.05, 0) is 12.5 Å². The molecule has 0 spiro atoms. The van der Waals surface area contributed by atoms with Crippen molar-refractivity contribution in [3.05, 3.63) is 12.3 Å². The van der Waals surface area contributed by atoms with E-state index in [-0.39, 0.29) is 12.2 Å². The largest absolute Gasteiger partial charge is 0.394 e. The van der Waals surface area contributed by atoms with E-state index in [1.165, 1.54) is 12.3 Å². The highest BCUT2D eigenvalue weighted by Crippen LogP contribution is 2.26. The first-order valence-electron chi connectivity index (χ1n) is 8.08. The van der Waals surface area contributed by atoms with E-state index in [0.717, 1.165) is 17.7 Å². The molecule has 0 bridgehead atoms. The van der Waals surface area contributed by atoms with Gasteiger partial charge in [0.1, 0.15) is 18.3 Å². The number of aliphatic hydroxyl groups excluding tert-OH is 3. The predicted octanol–water partition coefficient (Wildman–Crippen LogP) is -1.23. The molecule has 0 saturated carbocycles. The number of rotatable bonds is 7. The van der Waals surface area contributed by atoms with Crippen molar-refractivity contribution in [3.8, 4) is 0 Å². The summed E-state index contributed by atoms with van der Waals surface area (Å²) in [6, 6.07) is -0.723. The van der Waals surface area contributed by atoms with Crippen LogP contribution in [0.15, 0.2) is 12.3 Å². The van der Waals surface area contributed by atoms with Gasteiger partial charge in [-0.15, -0.1) is 0 Å². The molecule has 2 aliphatic rings. The van der Waals surface area contributed by atoms with Gasteiger partial charge in [0.05, 0.1) is 6.61 Å². The van der Waals surface area contributed by atoms with Crippen molar-refractivity contribution in [1.29, 1.82) is 0 Å². The molecule has 1 fully saturated rings. The first-order chi connectivity index (χ1) is 11.3. The molecule has 2 rings (SSSR count). The summed E-state index contributed by atoms with van der Waals surface area (Å²) in [6.45, 7) is 1.52. The number of nitrogens with zero attached hydrogens (tertiary/aromatic N) is 1. The topological polar surface area (TPSA) is 145 Å². The Morgan fingerprint density at radius 1 is 1.42 bits per heavy atom. The highest BCUT2D eigenvalue weighted by atomic mass is 16.6. The van der Waals surface area contributed by atoms with Gasteiger partial charge < -0.3 is 25.4 Å². The van der Waals surface area contributed by atoms with Gasteiger partial charge in [-0.3, -0.25) is 15.4 Å². The molecule has 9 nitrogen and oxygen atoms in total. The number of Topliss-reactive ketones (excluding diaryl/α,β-unsaturated/α-hetero) is 1. The average Bonchev–Trinajstić information content (AvgIpc) is 2.83. The number of ketones is 1. The Hall–Kier alpha value is -1.52. The first kappa shape index (κ1) is 18.8. The number of amides is 2. The van der Waals surface area contributed by atoms with Crippen molar-refractivity contribution in [2.75, 3.05) is 6.61 Å². The highest BCUT2D eigenvalue weighted by molar-refractivity contribution is 5.95. The van der Waals surface area contributed by atoms with Crippen LogP contribution in [-0.4, -0.2) is 68.8 Å². The number of nitrogens with one attached hydrogen (secondary N) is 1. The summed E-state index contributed by atoms with van der Waals surface area (Å²) < 4.78 is 5.29. The monoisotopic (exact) mass is 343 g/mol. The van der Waals surface area contributed by atoms with Gasteiger partial charge in [0.15, 0.2) is 17.7 Å². The van der Waals surface area contributed by atoms with Crippen LogP contribution in [0, 0.1) is 0 Å². The van der Waals surface area contributed by atoms with Crippen LogP contribution in [0.25, 0.3) is 0 Å². The Balaban J connectivity index is 2.07. The van der Waals surface area contributed by atoms with Gasteiger partial charge in [-0.1, -0.05) is 19.8 Å². The summed E-state index contributed by atoms with van der Waals surface area (Å²) in [6.07, 6.45) is 0.526.